The average Bonchev–Trinajstić information content (AvgIpc) is 2.20. The summed E-state index contributed by atoms with van der Waals surface area (Å²) in [6.07, 6.45) is -0.0497. The molecule has 0 heterocycles. The monoisotopic (exact) mass is 224 g/mol. The lowest BCUT2D eigenvalue weighted by Gasteiger charge is -2.07. The minimum Gasteiger partial charge on any atom is -0.480 e. The highest BCUT2D eigenvalue weighted by Crippen LogP contribution is 2.21. The van der Waals surface area contributed by atoms with Gasteiger partial charge in [-0.15, -0.1) is 0 Å². The van der Waals surface area contributed by atoms with Crippen molar-refractivity contribution >= 4 is 11.7 Å². The Bertz CT molecular complexity index is 431. The third-order valence-corrected chi connectivity index (χ3v) is 2.19. The number of aryl methyl sites for hydroxylation is 1. The number of carboxylic acids is 1. The Morgan fingerprint density at radius 2 is 2.25 bits per heavy atom. The molecule has 0 aliphatic heterocycles. The maximum Gasteiger partial charge on any atom is 0.320 e. The molecule has 3 N–H and O–H groups in total. The van der Waals surface area contributed by atoms with E-state index in [2.05, 4.69) is 0 Å². The minimum atomic E-state index is -1.17. The number of hydrogen-bond acceptors (Lipinski definition) is 4. The van der Waals surface area contributed by atoms with Crippen molar-refractivity contribution in [1.82, 2.24) is 0 Å². The average molecular weight is 224 g/mol. The lowest BCUT2D eigenvalue weighted by Crippen LogP contribution is -2.32. The normalized spacial score (nSPS) is 12.1. The van der Waals surface area contributed by atoms with Crippen molar-refractivity contribution in [2.45, 2.75) is 19.4 Å². The summed E-state index contributed by atoms with van der Waals surface area (Å²) in [4.78, 5) is 20.8. The zero-order valence-electron chi connectivity index (χ0n) is 8.71. The van der Waals surface area contributed by atoms with Gasteiger partial charge >= 0.3 is 5.97 Å². The molecule has 1 aromatic carbocycles. The smallest absolute Gasteiger partial charge is 0.320 e. The quantitative estimate of drug-likeness (QED) is 0.582. The van der Waals surface area contributed by atoms with E-state index in [0.29, 0.717) is 5.56 Å². The molecule has 1 aromatic rings. The van der Waals surface area contributed by atoms with Crippen molar-refractivity contribution in [2.24, 2.45) is 5.73 Å². The van der Waals surface area contributed by atoms with Gasteiger partial charge < -0.3 is 10.8 Å². The van der Waals surface area contributed by atoms with Crippen LogP contribution in [0.1, 0.15) is 11.1 Å². The van der Waals surface area contributed by atoms with Gasteiger partial charge in [0.05, 0.1) is 4.92 Å². The van der Waals surface area contributed by atoms with Crippen LogP contribution in [-0.4, -0.2) is 22.0 Å². The molecule has 0 fully saturated rings. The fourth-order valence-electron chi connectivity index (χ4n) is 1.34. The zero-order valence-corrected chi connectivity index (χ0v) is 8.71. The third-order valence-electron chi connectivity index (χ3n) is 2.19. The Hall–Kier alpha value is -1.95. The molecule has 0 bridgehead atoms. The van der Waals surface area contributed by atoms with E-state index in [-0.39, 0.29) is 12.1 Å². The van der Waals surface area contributed by atoms with Gasteiger partial charge in [-0.25, -0.2) is 0 Å². The zero-order chi connectivity index (χ0) is 12.3. The van der Waals surface area contributed by atoms with Gasteiger partial charge in [-0.2, -0.15) is 0 Å². The Morgan fingerprint density at radius 3 is 2.75 bits per heavy atom. The van der Waals surface area contributed by atoms with Crippen LogP contribution in [0.2, 0.25) is 0 Å². The van der Waals surface area contributed by atoms with Crippen LogP contribution in [0, 0.1) is 17.0 Å². The molecule has 0 aromatic heterocycles. The first-order valence-electron chi connectivity index (χ1n) is 4.64. The van der Waals surface area contributed by atoms with Crippen LogP contribution in [-0.2, 0) is 11.2 Å². The largest absolute Gasteiger partial charge is 0.480 e. The van der Waals surface area contributed by atoms with Crippen molar-refractivity contribution in [1.29, 1.82) is 0 Å². The molecule has 86 valence electrons. The predicted molar refractivity (Wildman–Crippen MR) is 57.1 cm³/mol. The van der Waals surface area contributed by atoms with Crippen LogP contribution in [0.4, 0.5) is 5.69 Å². The number of nitro benzene ring substituents is 1. The molecule has 0 saturated heterocycles. The van der Waals surface area contributed by atoms with Crippen molar-refractivity contribution in [2.75, 3.05) is 0 Å². The van der Waals surface area contributed by atoms with Crippen LogP contribution >= 0.6 is 0 Å². The number of nitrogens with zero attached hydrogens (tertiary/aromatic N) is 1. The maximum atomic E-state index is 10.7. The summed E-state index contributed by atoms with van der Waals surface area (Å²) < 4.78 is 0. The third kappa shape index (κ3) is 2.77. The number of nitro groups is 1. The number of aliphatic carboxylic acids is 1. The Morgan fingerprint density at radius 1 is 1.62 bits per heavy atom. The van der Waals surface area contributed by atoms with E-state index in [1.54, 1.807) is 13.0 Å². The molecule has 0 saturated carbocycles. The lowest BCUT2D eigenvalue weighted by atomic mass is 10.0. The molecule has 1 rings (SSSR count). The van der Waals surface area contributed by atoms with Crippen LogP contribution in [0.3, 0.4) is 0 Å². The van der Waals surface area contributed by atoms with Crippen LogP contribution < -0.4 is 5.73 Å². The van der Waals surface area contributed by atoms with Gasteiger partial charge in [0.1, 0.15) is 6.04 Å². The van der Waals surface area contributed by atoms with Crippen molar-refractivity contribution in [3.05, 3.63) is 39.4 Å². The summed E-state index contributed by atoms with van der Waals surface area (Å²) >= 11 is 0. The van der Waals surface area contributed by atoms with E-state index < -0.39 is 16.9 Å². The first-order chi connectivity index (χ1) is 7.41. The van der Waals surface area contributed by atoms with E-state index >= 15 is 0 Å². The van der Waals surface area contributed by atoms with E-state index in [1.165, 1.54) is 12.1 Å². The lowest BCUT2D eigenvalue weighted by molar-refractivity contribution is -0.385. The first kappa shape index (κ1) is 12.1. The predicted octanol–water partition coefficient (Wildman–Crippen LogP) is 0.858. The molecule has 0 unspecified atom stereocenters. The summed E-state index contributed by atoms with van der Waals surface area (Å²) in [5, 5.41) is 19.4. The van der Waals surface area contributed by atoms with E-state index in [0.717, 1.165) is 5.56 Å². The second kappa shape index (κ2) is 4.71. The summed E-state index contributed by atoms with van der Waals surface area (Å²) in [6.45, 7) is 1.73. The number of benzene rings is 1. The first-order valence-corrected chi connectivity index (χ1v) is 4.64. The molecular weight excluding hydrogens is 212 g/mol. The van der Waals surface area contributed by atoms with Crippen LogP contribution in [0.15, 0.2) is 18.2 Å². The number of carboxylic acid groups (broad SMARTS) is 1. The van der Waals surface area contributed by atoms with E-state index in [9.17, 15) is 14.9 Å². The molecule has 6 nitrogen and oxygen atoms in total. The van der Waals surface area contributed by atoms with Gasteiger partial charge in [0, 0.05) is 18.1 Å². The highest BCUT2D eigenvalue weighted by molar-refractivity contribution is 5.73. The van der Waals surface area contributed by atoms with Gasteiger partial charge in [0.2, 0.25) is 0 Å². The molecule has 0 aliphatic carbocycles. The highest BCUT2D eigenvalue weighted by Gasteiger charge is 2.19. The standard InChI is InChI=1S/C10H12N2O4/c1-6-2-3-7(5-8(11)10(13)14)9(4-6)12(15)16/h2-4,8H,5,11H2,1H3,(H,13,14)/t8-/m0/s1. The summed E-state index contributed by atoms with van der Waals surface area (Å²) in [6, 6.07) is 3.51. The second-order valence-electron chi connectivity index (χ2n) is 3.54. The fourth-order valence-corrected chi connectivity index (χ4v) is 1.34. The Labute approximate surface area is 91.8 Å². The molecule has 0 aliphatic rings. The molecule has 0 amide bonds. The van der Waals surface area contributed by atoms with Gasteiger partial charge in [0.25, 0.3) is 5.69 Å². The SMILES string of the molecule is Cc1ccc(C[C@H](N)C(=O)O)c([N+](=O)[O-])c1. The van der Waals surface area contributed by atoms with Crippen LogP contribution in [0.25, 0.3) is 0 Å². The van der Waals surface area contributed by atoms with Crippen LogP contribution in [0.5, 0.6) is 0 Å². The summed E-state index contributed by atoms with van der Waals surface area (Å²) in [5.41, 5.74) is 6.33. The molecule has 16 heavy (non-hydrogen) atoms. The number of nitrogens with two attached hydrogens (primary N) is 1. The fraction of sp³-hybridized carbons (Fsp3) is 0.300. The number of carbonyl (C=O) groups is 1. The highest BCUT2D eigenvalue weighted by atomic mass is 16.6. The van der Waals surface area contributed by atoms with E-state index in [1.807, 2.05) is 0 Å². The van der Waals surface area contributed by atoms with Gasteiger partial charge in [-0.05, 0) is 12.5 Å². The van der Waals surface area contributed by atoms with Crippen molar-refractivity contribution in [3.63, 3.8) is 0 Å². The van der Waals surface area contributed by atoms with Crippen molar-refractivity contribution < 1.29 is 14.8 Å². The van der Waals surface area contributed by atoms with Crippen molar-refractivity contribution in [3.8, 4) is 0 Å². The second-order valence-corrected chi connectivity index (χ2v) is 3.54. The molecular formula is C10H12N2O4. The maximum absolute atomic E-state index is 10.7. The molecule has 0 radical (unpaired) electrons. The number of hydrogen-bond donors (Lipinski definition) is 2. The molecule has 1 atom stereocenters. The summed E-state index contributed by atoms with van der Waals surface area (Å²) in [5.74, 6) is -1.17. The minimum absolute atomic E-state index is 0.0497. The van der Waals surface area contributed by atoms with Gasteiger partial charge in [-0.1, -0.05) is 12.1 Å². The number of rotatable bonds is 4. The Kier molecular flexibility index (Phi) is 3.57. The summed E-state index contributed by atoms with van der Waals surface area (Å²) in [7, 11) is 0. The van der Waals surface area contributed by atoms with Gasteiger partial charge in [0.15, 0.2) is 0 Å². The molecule has 6 heteroatoms. The van der Waals surface area contributed by atoms with Gasteiger partial charge in [-0.3, -0.25) is 14.9 Å². The molecule has 0 spiro atoms. The Balaban J connectivity index is 3.04. The van der Waals surface area contributed by atoms with E-state index in [4.69, 9.17) is 10.8 Å². The topological polar surface area (TPSA) is 106 Å².